The standard InChI is InChI=1S/C14H19FN2O/c1-16(2)9-13-4-3-7-17(13)14-6-5-12(15)8-11(14)10-18/h5-6,8,10,13H,3-4,7,9H2,1-2H3. The molecule has 1 aliphatic rings. The van der Waals surface area contributed by atoms with Crippen LogP contribution in [0.15, 0.2) is 18.2 Å². The van der Waals surface area contributed by atoms with Crippen LogP contribution in [0.25, 0.3) is 0 Å². The topological polar surface area (TPSA) is 23.6 Å². The number of hydrogen-bond acceptors (Lipinski definition) is 3. The number of rotatable bonds is 4. The third kappa shape index (κ3) is 2.70. The monoisotopic (exact) mass is 250 g/mol. The van der Waals surface area contributed by atoms with E-state index in [1.807, 2.05) is 14.1 Å². The molecule has 4 heteroatoms. The predicted molar refractivity (Wildman–Crippen MR) is 70.7 cm³/mol. The van der Waals surface area contributed by atoms with Crippen molar-refractivity contribution >= 4 is 12.0 Å². The zero-order chi connectivity index (χ0) is 13.1. The SMILES string of the molecule is CN(C)CC1CCCN1c1ccc(F)cc1C=O. The van der Waals surface area contributed by atoms with Crippen molar-refractivity contribution < 1.29 is 9.18 Å². The Morgan fingerprint density at radius 2 is 2.28 bits per heavy atom. The number of aldehydes is 1. The van der Waals surface area contributed by atoms with Gasteiger partial charge in [-0.2, -0.15) is 0 Å². The van der Waals surface area contributed by atoms with Crippen molar-refractivity contribution in [1.82, 2.24) is 4.90 Å². The molecule has 1 fully saturated rings. The zero-order valence-electron chi connectivity index (χ0n) is 10.9. The van der Waals surface area contributed by atoms with Crippen molar-refractivity contribution in [1.29, 1.82) is 0 Å². The Labute approximate surface area is 107 Å². The largest absolute Gasteiger partial charge is 0.367 e. The molecule has 1 unspecified atom stereocenters. The van der Waals surface area contributed by atoms with Gasteiger partial charge in [-0.1, -0.05) is 0 Å². The summed E-state index contributed by atoms with van der Waals surface area (Å²) in [5.41, 5.74) is 1.30. The average Bonchev–Trinajstić information content (AvgIpc) is 2.76. The van der Waals surface area contributed by atoms with E-state index in [-0.39, 0.29) is 5.82 Å². The first-order valence-corrected chi connectivity index (χ1v) is 6.28. The van der Waals surface area contributed by atoms with Gasteiger partial charge in [-0.15, -0.1) is 0 Å². The number of carbonyl (C=O) groups excluding carboxylic acids is 1. The Morgan fingerprint density at radius 1 is 1.50 bits per heavy atom. The number of hydrogen-bond donors (Lipinski definition) is 0. The van der Waals surface area contributed by atoms with Crippen molar-refractivity contribution in [2.75, 3.05) is 32.1 Å². The van der Waals surface area contributed by atoms with E-state index in [1.165, 1.54) is 12.1 Å². The van der Waals surface area contributed by atoms with Crippen LogP contribution in [0.3, 0.4) is 0 Å². The highest BCUT2D eigenvalue weighted by Crippen LogP contribution is 2.28. The second-order valence-corrected chi connectivity index (χ2v) is 5.07. The van der Waals surface area contributed by atoms with E-state index >= 15 is 0 Å². The van der Waals surface area contributed by atoms with Gasteiger partial charge in [0.2, 0.25) is 0 Å². The highest BCUT2D eigenvalue weighted by Gasteiger charge is 2.26. The lowest BCUT2D eigenvalue weighted by molar-refractivity contribution is 0.112. The second-order valence-electron chi connectivity index (χ2n) is 5.07. The third-order valence-electron chi connectivity index (χ3n) is 3.38. The first kappa shape index (κ1) is 13.0. The lowest BCUT2D eigenvalue weighted by Crippen LogP contribution is -2.38. The van der Waals surface area contributed by atoms with Crippen LogP contribution in [-0.4, -0.2) is 44.4 Å². The van der Waals surface area contributed by atoms with E-state index in [0.717, 1.165) is 37.9 Å². The number of benzene rings is 1. The maximum absolute atomic E-state index is 13.1. The fourth-order valence-corrected chi connectivity index (χ4v) is 2.65. The summed E-state index contributed by atoms with van der Waals surface area (Å²) in [5.74, 6) is -0.357. The quantitative estimate of drug-likeness (QED) is 0.765. The summed E-state index contributed by atoms with van der Waals surface area (Å²) in [4.78, 5) is 15.4. The molecular weight excluding hydrogens is 231 g/mol. The number of anilines is 1. The normalized spacial score (nSPS) is 19.6. The molecule has 1 aromatic rings. The number of halogens is 1. The molecule has 2 rings (SSSR count). The molecular formula is C14H19FN2O. The van der Waals surface area contributed by atoms with Crippen LogP contribution in [0, 0.1) is 5.82 Å². The smallest absolute Gasteiger partial charge is 0.152 e. The van der Waals surface area contributed by atoms with Crippen molar-refractivity contribution in [3.63, 3.8) is 0 Å². The van der Waals surface area contributed by atoms with E-state index in [0.29, 0.717) is 11.6 Å². The summed E-state index contributed by atoms with van der Waals surface area (Å²) in [6.45, 7) is 1.89. The number of carbonyl (C=O) groups is 1. The molecule has 0 N–H and O–H groups in total. The Morgan fingerprint density at radius 3 is 2.94 bits per heavy atom. The van der Waals surface area contributed by atoms with Crippen LogP contribution in [0.1, 0.15) is 23.2 Å². The van der Waals surface area contributed by atoms with Crippen LogP contribution < -0.4 is 4.90 Å². The maximum Gasteiger partial charge on any atom is 0.152 e. The maximum atomic E-state index is 13.1. The fraction of sp³-hybridized carbons (Fsp3) is 0.500. The Bertz CT molecular complexity index is 434. The van der Waals surface area contributed by atoms with Gasteiger partial charge in [0.1, 0.15) is 5.82 Å². The second kappa shape index (κ2) is 5.48. The molecule has 1 heterocycles. The van der Waals surface area contributed by atoms with Gasteiger partial charge in [0, 0.05) is 30.4 Å². The summed E-state index contributed by atoms with van der Waals surface area (Å²) >= 11 is 0. The molecule has 18 heavy (non-hydrogen) atoms. The molecule has 0 spiro atoms. The zero-order valence-corrected chi connectivity index (χ0v) is 10.9. The van der Waals surface area contributed by atoms with Crippen LogP contribution >= 0.6 is 0 Å². The minimum absolute atomic E-state index is 0.357. The highest BCUT2D eigenvalue weighted by atomic mass is 19.1. The van der Waals surface area contributed by atoms with E-state index in [1.54, 1.807) is 6.07 Å². The summed E-state index contributed by atoms with van der Waals surface area (Å²) < 4.78 is 13.1. The van der Waals surface area contributed by atoms with Crippen molar-refractivity contribution in [3.8, 4) is 0 Å². The van der Waals surface area contributed by atoms with Gasteiger partial charge in [-0.3, -0.25) is 4.79 Å². The summed E-state index contributed by atoms with van der Waals surface area (Å²) in [6.07, 6.45) is 2.98. The first-order chi connectivity index (χ1) is 8.61. The van der Waals surface area contributed by atoms with Crippen molar-refractivity contribution in [2.45, 2.75) is 18.9 Å². The molecule has 0 saturated carbocycles. The number of likely N-dealkylation sites (N-methyl/N-ethyl adjacent to an activating group) is 1. The van der Waals surface area contributed by atoms with Crippen LogP contribution in [0.2, 0.25) is 0 Å². The Balaban J connectivity index is 2.27. The Hall–Kier alpha value is -1.42. The summed E-state index contributed by atoms with van der Waals surface area (Å²) in [5, 5.41) is 0. The fourth-order valence-electron chi connectivity index (χ4n) is 2.65. The minimum Gasteiger partial charge on any atom is -0.367 e. The molecule has 0 aliphatic carbocycles. The molecule has 0 radical (unpaired) electrons. The van der Waals surface area contributed by atoms with Crippen molar-refractivity contribution in [3.05, 3.63) is 29.6 Å². The van der Waals surface area contributed by atoms with Gasteiger partial charge >= 0.3 is 0 Å². The molecule has 0 bridgehead atoms. The first-order valence-electron chi connectivity index (χ1n) is 6.28. The molecule has 3 nitrogen and oxygen atoms in total. The van der Waals surface area contributed by atoms with Crippen LogP contribution in [0.4, 0.5) is 10.1 Å². The van der Waals surface area contributed by atoms with Gasteiger partial charge < -0.3 is 9.80 Å². The Kier molecular flexibility index (Phi) is 3.97. The van der Waals surface area contributed by atoms with E-state index < -0.39 is 0 Å². The molecule has 1 atom stereocenters. The minimum atomic E-state index is -0.357. The van der Waals surface area contributed by atoms with Gasteiger partial charge in [0.15, 0.2) is 6.29 Å². The predicted octanol–water partition coefficient (Wildman–Crippen LogP) is 2.17. The molecule has 1 aliphatic heterocycles. The molecule has 1 aromatic carbocycles. The van der Waals surface area contributed by atoms with Gasteiger partial charge in [0.05, 0.1) is 0 Å². The molecule has 98 valence electrons. The highest BCUT2D eigenvalue weighted by molar-refractivity contribution is 5.84. The molecule has 0 aromatic heterocycles. The number of nitrogens with zero attached hydrogens (tertiary/aromatic N) is 2. The van der Waals surface area contributed by atoms with E-state index in [2.05, 4.69) is 9.80 Å². The van der Waals surface area contributed by atoms with Crippen molar-refractivity contribution in [2.24, 2.45) is 0 Å². The van der Waals surface area contributed by atoms with Gasteiger partial charge in [-0.05, 0) is 45.1 Å². The summed E-state index contributed by atoms with van der Waals surface area (Å²) in [7, 11) is 4.09. The lowest BCUT2D eigenvalue weighted by Gasteiger charge is -2.30. The molecule has 1 saturated heterocycles. The average molecular weight is 250 g/mol. The van der Waals surface area contributed by atoms with E-state index in [9.17, 15) is 9.18 Å². The van der Waals surface area contributed by atoms with Gasteiger partial charge in [-0.25, -0.2) is 4.39 Å². The third-order valence-corrected chi connectivity index (χ3v) is 3.38. The lowest BCUT2D eigenvalue weighted by atomic mass is 10.1. The van der Waals surface area contributed by atoms with E-state index in [4.69, 9.17) is 0 Å². The summed E-state index contributed by atoms with van der Waals surface area (Å²) in [6, 6.07) is 4.86. The van der Waals surface area contributed by atoms with Gasteiger partial charge in [0.25, 0.3) is 0 Å². The molecule has 0 amide bonds. The van der Waals surface area contributed by atoms with Crippen LogP contribution in [0.5, 0.6) is 0 Å². The van der Waals surface area contributed by atoms with Crippen LogP contribution in [-0.2, 0) is 0 Å².